The van der Waals surface area contributed by atoms with Gasteiger partial charge >= 0.3 is 0 Å². The van der Waals surface area contributed by atoms with Gasteiger partial charge in [-0.3, -0.25) is 19.3 Å². The summed E-state index contributed by atoms with van der Waals surface area (Å²) in [6, 6.07) is 15.0. The first-order chi connectivity index (χ1) is 18.8. The Bertz CT molecular complexity index is 1120. The number of ether oxygens (including phenoxy) is 1. The smallest absolute Gasteiger partial charge is 0.248 e. The first kappa shape index (κ1) is 29.9. The van der Waals surface area contributed by atoms with Gasteiger partial charge in [0.15, 0.2) is 0 Å². The third-order valence-electron chi connectivity index (χ3n) is 7.77. The van der Waals surface area contributed by atoms with Crippen LogP contribution in [0.15, 0.2) is 61.2 Å². The standard InChI is InChI=1S/C31H42N4O4/c1-4-15-31(5-2,6-3)20-28(36)33-21-29(37)35-18-16-34(17-19-35)22-26-9-7-8-10-27(26)39-23-24-11-13-25(14-12-24)30(32)38/h4,7-14H,1,5-6,15-23H2,2-3H3,(H2,32,38)(H,33,36). The van der Waals surface area contributed by atoms with Crippen LogP contribution in [0.3, 0.4) is 0 Å². The van der Waals surface area contributed by atoms with E-state index in [1.807, 2.05) is 41.3 Å². The van der Waals surface area contributed by atoms with Crippen molar-refractivity contribution in [2.45, 2.75) is 52.7 Å². The molecule has 0 aliphatic carbocycles. The normalized spacial score (nSPS) is 14.1. The maximum absolute atomic E-state index is 12.8. The third-order valence-corrected chi connectivity index (χ3v) is 7.77. The van der Waals surface area contributed by atoms with E-state index in [1.165, 1.54) is 0 Å². The monoisotopic (exact) mass is 534 g/mol. The molecule has 8 heteroatoms. The van der Waals surface area contributed by atoms with Crippen molar-refractivity contribution in [3.05, 3.63) is 77.9 Å². The molecule has 1 aliphatic rings. The predicted molar refractivity (Wildman–Crippen MR) is 153 cm³/mol. The molecule has 1 fully saturated rings. The van der Waals surface area contributed by atoms with Gasteiger partial charge in [-0.05, 0) is 48.4 Å². The van der Waals surface area contributed by atoms with Crippen molar-refractivity contribution in [1.82, 2.24) is 15.1 Å². The topological polar surface area (TPSA) is 105 Å². The Morgan fingerprint density at radius 3 is 2.31 bits per heavy atom. The van der Waals surface area contributed by atoms with Gasteiger partial charge in [0.2, 0.25) is 17.7 Å². The maximum atomic E-state index is 12.8. The Hall–Kier alpha value is -3.65. The molecule has 39 heavy (non-hydrogen) atoms. The summed E-state index contributed by atoms with van der Waals surface area (Å²) < 4.78 is 6.09. The quantitative estimate of drug-likeness (QED) is 0.358. The Morgan fingerprint density at radius 1 is 1.03 bits per heavy atom. The third kappa shape index (κ3) is 8.68. The molecule has 0 unspecified atom stereocenters. The van der Waals surface area contributed by atoms with Crippen LogP contribution >= 0.6 is 0 Å². The summed E-state index contributed by atoms with van der Waals surface area (Å²) in [5, 5.41) is 2.84. The molecule has 0 aromatic heterocycles. The molecular weight excluding hydrogens is 492 g/mol. The average molecular weight is 535 g/mol. The van der Waals surface area contributed by atoms with Crippen molar-refractivity contribution in [3.63, 3.8) is 0 Å². The summed E-state index contributed by atoms with van der Waals surface area (Å²) in [5.74, 6) is 0.238. The molecule has 8 nitrogen and oxygen atoms in total. The molecule has 3 amide bonds. The van der Waals surface area contributed by atoms with Gasteiger partial charge in [-0.1, -0.05) is 50.3 Å². The highest BCUT2D eigenvalue weighted by Gasteiger charge is 2.28. The van der Waals surface area contributed by atoms with Gasteiger partial charge in [-0.2, -0.15) is 0 Å². The fourth-order valence-corrected chi connectivity index (χ4v) is 4.95. The molecule has 3 N–H and O–H groups in total. The number of rotatable bonds is 14. The summed E-state index contributed by atoms with van der Waals surface area (Å²) in [6.45, 7) is 11.9. The van der Waals surface area contributed by atoms with E-state index in [1.54, 1.807) is 12.1 Å². The lowest BCUT2D eigenvalue weighted by molar-refractivity contribution is -0.134. The first-order valence-corrected chi connectivity index (χ1v) is 13.8. The fraction of sp³-hybridized carbons (Fsp3) is 0.452. The van der Waals surface area contributed by atoms with Gasteiger partial charge in [-0.15, -0.1) is 6.58 Å². The van der Waals surface area contributed by atoms with Crippen molar-refractivity contribution >= 4 is 17.7 Å². The fourth-order valence-electron chi connectivity index (χ4n) is 4.95. The number of amides is 3. The van der Waals surface area contributed by atoms with Crippen molar-refractivity contribution in [1.29, 1.82) is 0 Å². The average Bonchev–Trinajstić information content (AvgIpc) is 2.95. The molecule has 1 saturated heterocycles. The molecule has 210 valence electrons. The number of carbonyl (C=O) groups excluding carboxylic acids is 3. The highest BCUT2D eigenvalue weighted by molar-refractivity contribution is 5.92. The van der Waals surface area contributed by atoms with Gasteiger partial charge in [0.25, 0.3) is 0 Å². The lowest BCUT2D eigenvalue weighted by Crippen LogP contribution is -2.51. The number of piperazine rings is 1. The number of hydrogen-bond donors (Lipinski definition) is 2. The number of hydrogen-bond acceptors (Lipinski definition) is 5. The highest BCUT2D eigenvalue weighted by atomic mass is 16.5. The summed E-state index contributed by atoms with van der Waals surface area (Å²) >= 11 is 0. The molecule has 0 radical (unpaired) electrons. The van der Waals surface area contributed by atoms with E-state index in [9.17, 15) is 14.4 Å². The number of nitrogens with two attached hydrogens (primary N) is 1. The van der Waals surface area contributed by atoms with E-state index < -0.39 is 5.91 Å². The Morgan fingerprint density at radius 2 is 1.69 bits per heavy atom. The molecule has 2 aromatic rings. The highest BCUT2D eigenvalue weighted by Crippen LogP contribution is 2.34. The molecule has 0 spiro atoms. The van der Waals surface area contributed by atoms with Crippen molar-refractivity contribution in [2.75, 3.05) is 32.7 Å². The summed E-state index contributed by atoms with van der Waals surface area (Å²) in [6.07, 6.45) is 4.88. The van der Waals surface area contributed by atoms with E-state index in [2.05, 4.69) is 36.7 Å². The van der Waals surface area contributed by atoms with Crippen molar-refractivity contribution < 1.29 is 19.1 Å². The number of carbonyl (C=O) groups is 3. The number of nitrogens with one attached hydrogen (secondary N) is 1. The molecular formula is C31H42N4O4. The van der Waals surface area contributed by atoms with E-state index in [4.69, 9.17) is 10.5 Å². The number of primary amides is 1. The lowest BCUT2D eigenvalue weighted by atomic mass is 9.76. The van der Waals surface area contributed by atoms with Gasteiger partial charge in [0.05, 0.1) is 6.54 Å². The van der Waals surface area contributed by atoms with E-state index in [-0.39, 0.29) is 23.8 Å². The molecule has 0 bridgehead atoms. The van der Waals surface area contributed by atoms with Gasteiger partial charge in [0.1, 0.15) is 12.4 Å². The SMILES string of the molecule is C=CCC(CC)(CC)CC(=O)NCC(=O)N1CCN(Cc2ccccc2OCc2ccc(C(N)=O)cc2)CC1. The molecule has 1 heterocycles. The van der Waals surface area contributed by atoms with Crippen molar-refractivity contribution in [3.8, 4) is 5.75 Å². The zero-order valence-corrected chi connectivity index (χ0v) is 23.3. The van der Waals surface area contributed by atoms with E-state index in [0.717, 1.165) is 55.8 Å². The van der Waals surface area contributed by atoms with Crippen LogP contribution in [0.5, 0.6) is 5.75 Å². The van der Waals surface area contributed by atoms with Crippen LogP contribution < -0.4 is 15.8 Å². The molecule has 0 atom stereocenters. The second kappa shape index (κ2) is 14.5. The number of benzene rings is 2. The van der Waals surface area contributed by atoms with Crippen LogP contribution in [0, 0.1) is 5.41 Å². The van der Waals surface area contributed by atoms with Crippen LogP contribution in [0.25, 0.3) is 0 Å². The minimum atomic E-state index is -0.450. The van der Waals surface area contributed by atoms with Crippen LogP contribution in [0.4, 0.5) is 0 Å². The number of para-hydroxylation sites is 1. The minimum Gasteiger partial charge on any atom is -0.489 e. The maximum Gasteiger partial charge on any atom is 0.248 e. The molecule has 3 rings (SSSR count). The number of nitrogens with zero attached hydrogens (tertiary/aromatic N) is 2. The minimum absolute atomic E-state index is 0.0352. The first-order valence-electron chi connectivity index (χ1n) is 13.8. The largest absolute Gasteiger partial charge is 0.489 e. The zero-order chi connectivity index (χ0) is 28.3. The van der Waals surface area contributed by atoms with E-state index >= 15 is 0 Å². The lowest BCUT2D eigenvalue weighted by Gasteiger charge is -2.35. The molecule has 2 aromatic carbocycles. The Balaban J connectivity index is 1.45. The molecule has 0 saturated carbocycles. The van der Waals surface area contributed by atoms with Gasteiger partial charge in [-0.25, -0.2) is 0 Å². The van der Waals surface area contributed by atoms with Gasteiger partial charge < -0.3 is 20.7 Å². The Kier molecular flexibility index (Phi) is 11.1. The van der Waals surface area contributed by atoms with Crippen LogP contribution in [0.1, 0.15) is 61.0 Å². The summed E-state index contributed by atoms with van der Waals surface area (Å²) in [4.78, 5) is 40.7. The summed E-state index contributed by atoms with van der Waals surface area (Å²) in [7, 11) is 0. The van der Waals surface area contributed by atoms with Crippen molar-refractivity contribution in [2.24, 2.45) is 11.1 Å². The molecule has 1 aliphatic heterocycles. The number of allylic oxidation sites excluding steroid dienone is 1. The van der Waals surface area contributed by atoms with Gasteiger partial charge in [0, 0.05) is 50.3 Å². The van der Waals surface area contributed by atoms with Crippen LogP contribution in [-0.2, 0) is 22.7 Å². The van der Waals surface area contributed by atoms with Crippen LogP contribution in [0.2, 0.25) is 0 Å². The summed E-state index contributed by atoms with van der Waals surface area (Å²) in [5.41, 5.74) is 7.72. The predicted octanol–water partition coefficient (Wildman–Crippen LogP) is 3.90. The van der Waals surface area contributed by atoms with E-state index in [0.29, 0.717) is 31.7 Å². The second-order valence-corrected chi connectivity index (χ2v) is 10.3. The zero-order valence-electron chi connectivity index (χ0n) is 23.3. The second-order valence-electron chi connectivity index (χ2n) is 10.3. The Labute approximate surface area is 232 Å². The van der Waals surface area contributed by atoms with Crippen LogP contribution in [-0.4, -0.2) is 60.2 Å².